The van der Waals surface area contributed by atoms with E-state index in [0.717, 1.165) is 33.4 Å². The van der Waals surface area contributed by atoms with Crippen molar-refractivity contribution >= 4 is 27.6 Å². The van der Waals surface area contributed by atoms with E-state index in [9.17, 15) is 13.2 Å². The topological polar surface area (TPSA) is 0 Å². The van der Waals surface area contributed by atoms with Gasteiger partial charge in [0, 0.05) is 0 Å². The average molecular weight is 300 g/mol. The van der Waals surface area contributed by atoms with Crippen LogP contribution in [-0.2, 0) is 12.6 Å². The molecule has 22 heavy (non-hydrogen) atoms. The molecule has 0 saturated carbocycles. The standard InChI is InChI=1S/C19H15F3/c1-18(2)9-12-4-3-11-6-8-15(19(20,21)22)14-7-5-13(10-18)16(12)17(11)14/h3-8,10H,9H2,1-2H3. The first-order chi connectivity index (χ1) is 10.3. The van der Waals surface area contributed by atoms with Crippen molar-refractivity contribution in [3.8, 4) is 0 Å². The van der Waals surface area contributed by atoms with Crippen LogP contribution in [0.3, 0.4) is 0 Å². The molecule has 0 saturated heterocycles. The second-order valence-electron chi connectivity index (χ2n) is 6.82. The van der Waals surface area contributed by atoms with E-state index in [-0.39, 0.29) is 5.41 Å². The Morgan fingerprint density at radius 1 is 0.909 bits per heavy atom. The fourth-order valence-corrected chi connectivity index (χ4v) is 3.73. The van der Waals surface area contributed by atoms with E-state index < -0.39 is 11.7 Å². The number of benzene rings is 3. The second kappa shape index (κ2) is 4.03. The van der Waals surface area contributed by atoms with Crippen LogP contribution < -0.4 is 5.22 Å². The molecule has 0 heterocycles. The molecular weight excluding hydrogens is 285 g/mol. The van der Waals surface area contributed by atoms with Gasteiger partial charge < -0.3 is 0 Å². The first-order valence-corrected chi connectivity index (χ1v) is 7.33. The van der Waals surface area contributed by atoms with E-state index in [1.54, 1.807) is 12.1 Å². The van der Waals surface area contributed by atoms with Gasteiger partial charge in [-0.25, -0.2) is 0 Å². The van der Waals surface area contributed by atoms with Crippen LogP contribution in [-0.4, -0.2) is 0 Å². The fraction of sp³-hybridized carbons (Fsp3) is 0.263. The molecule has 1 aliphatic rings. The highest BCUT2D eigenvalue weighted by Crippen LogP contribution is 2.40. The molecule has 3 aromatic carbocycles. The number of halogens is 3. The molecule has 0 aliphatic heterocycles. The number of alkyl halides is 3. The summed E-state index contributed by atoms with van der Waals surface area (Å²) in [6.45, 7) is 4.31. The second-order valence-corrected chi connectivity index (χ2v) is 6.82. The molecule has 0 bridgehead atoms. The molecule has 0 spiro atoms. The Hall–Kier alpha value is -2.03. The van der Waals surface area contributed by atoms with E-state index in [1.807, 2.05) is 12.1 Å². The Morgan fingerprint density at radius 3 is 2.36 bits per heavy atom. The predicted molar refractivity (Wildman–Crippen MR) is 83.6 cm³/mol. The first kappa shape index (κ1) is 13.6. The summed E-state index contributed by atoms with van der Waals surface area (Å²) in [6.07, 6.45) is -1.30. The van der Waals surface area contributed by atoms with Gasteiger partial charge in [0.2, 0.25) is 0 Å². The van der Waals surface area contributed by atoms with Crippen LogP contribution in [0.25, 0.3) is 27.6 Å². The summed E-state index contributed by atoms with van der Waals surface area (Å²) in [6, 6.07) is 10.2. The molecule has 0 nitrogen and oxygen atoms in total. The summed E-state index contributed by atoms with van der Waals surface area (Å²) in [7, 11) is 0. The molecule has 3 aromatic rings. The van der Waals surface area contributed by atoms with Crippen molar-refractivity contribution in [2.75, 3.05) is 0 Å². The molecule has 0 aromatic heterocycles. The number of hydrogen-bond donors (Lipinski definition) is 0. The molecule has 1 aliphatic carbocycles. The van der Waals surface area contributed by atoms with Gasteiger partial charge in [-0.1, -0.05) is 50.3 Å². The molecule has 4 rings (SSSR count). The Kier molecular flexibility index (Phi) is 2.50. The van der Waals surface area contributed by atoms with Gasteiger partial charge in [0.05, 0.1) is 5.56 Å². The van der Waals surface area contributed by atoms with Gasteiger partial charge in [-0.05, 0) is 50.2 Å². The van der Waals surface area contributed by atoms with Crippen molar-refractivity contribution in [1.29, 1.82) is 0 Å². The molecular formula is C19H15F3. The summed E-state index contributed by atoms with van der Waals surface area (Å²) in [5.74, 6) is 0. The highest BCUT2D eigenvalue weighted by atomic mass is 19.4. The van der Waals surface area contributed by atoms with Gasteiger partial charge >= 0.3 is 6.18 Å². The van der Waals surface area contributed by atoms with Gasteiger partial charge in [0.25, 0.3) is 0 Å². The SMILES string of the molecule is CC1(C)C=c2ccc3c(C(F)(F)F)ccc4ccc(c2c43)C1. The fourth-order valence-electron chi connectivity index (χ4n) is 3.73. The maximum atomic E-state index is 13.3. The molecule has 112 valence electrons. The quantitative estimate of drug-likeness (QED) is 0.542. The normalized spacial score (nSPS) is 17.0. The van der Waals surface area contributed by atoms with Crippen molar-refractivity contribution in [3.05, 3.63) is 52.7 Å². The van der Waals surface area contributed by atoms with E-state index >= 15 is 0 Å². The maximum absolute atomic E-state index is 13.3. The lowest BCUT2D eigenvalue weighted by atomic mass is 9.77. The van der Waals surface area contributed by atoms with Crippen molar-refractivity contribution in [2.24, 2.45) is 5.41 Å². The van der Waals surface area contributed by atoms with Gasteiger partial charge in [-0.3, -0.25) is 0 Å². The van der Waals surface area contributed by atoms with Crippen LogP contribution in [0.15, 0.2) is 36.4 Å². The minimum atomic E-state index is -4.33. The summed E-state index contributed by atoms with van der Waals surface area (Å²) in [5.41, 5.74) is 0.618. The Morgan fingerprint density at radius 2 is 1.64 bits per heavy atom. The predicted octanol–water partition coefficient (Wildman–Crippen LogP) is 5.09. The van der Waals surface area contributed by atoms with Crippen molar-refractivity contribution in [3.63, 3.8) is 0 Å². The van der Waals surface area contributed by atoms with E-state index in [2.05, 4.69) is 26.0 Å². The molecule has 0 amide bonds. The third kappa shape index (κ3) is 1.84. The number of rotatable bonds is 0. The molecule has 0 N–H and O–H groups in total. The lowest BCUT2D eigenvalue weighted by molar-refractivity contribution is -0.136. The van der Waals surface area contributed by atoms with E-state index in [4.69, 9.17) is 0 Å². The summed E-state index contributed by atoms with van der Waals surface area (Å²) in [4.78, 5) is 0. The highest BCUT2D eigenvalue weighted by molar-refractivity contribution is 6.13. The average Bonchev–Trinajstić information content (AvgIpc) is 2.41. The van der Waals surface area contributed by atoms with Crippen LogP contribution in [0, 0.1) is 5.41 Å². The molecule has 0 unspecified atom stereocenters. The van der Waals surface area contributed by atoms with Crippen molar-refractivity contribution in [2.45, 2.75) is 26.4 Å². The molecule has 3 heteroatoms. The third-order valence-corrected chi connectivity index (χ3v) is 4.53. The first-order valence-electron chi connectivity index (χ1n) is 7.33. The summed E-state index contributed by atoms with van der Waals surface area (Å²) in [5, 5.41) is 3.95. The van der Waals surface area contributed by atoms with Gasteiger partial charge in [-0.2, -0.15) is 13.2 Å². The zero-order chi connectivity index (χ0) is 15.7. The Labute approximate surface area is 126 Å². The van der Waals surface area contributed by atoms with Crippen LogP contribution in [0.1, 0.15) is 25.0 Å². The van der Waals surface area contributed by atoms with Crippen molar-refractivity contribution < 1.29 is 13.2 Å². The summed E-state index contributed by atoms with van der Waals surface area (Å²) < 4.78 is 39.9. The third-order valence-electron chi connectivity index (χ3n) is 4.53. The van der Waals surface area contributed by atoms with Crippen LogP contribution >= 0.6 is 0 Å². The van der Waals surface area contributed by atoms with Crippen molar-refractivity contribution in [1.82, 2.24) is 0 Å². The maximum Gasteiger partial charge on any atom is 0.417 e. The van der Waals surface area contributed by atoms with Crippen LogP contribution in [0.4, 0.5) is 13.2 Å². The minimum Gasteiger partial charge on any atom is -0.166 e. The van der Waals surface area contributed by atoms with E-state index in [0.29, 0.717) is 5.39 Å². The highest BCUT2D eigenvalue weighted by Gasteiger charge is 2.33. The zero-order valence-electron chi connectivity index (χ0n) is 12.4. The van der Waals surface area contributed by atoms with Gasteiger partial charge in [-0.15, -0.1) is 0 Å². The summed E-state index contributed by atoms with van der Waals surface area (Å²) >= 11 is 0. The lowest BCUT2D eigenvalue weighted by Crippen LogP contribution is -2.23. The van der Waals surface area contributed by atoms with Gasteiger partial charge in [0.1, 0.15) is 0 Å². The van der Waals surface area contributed by atoms with Crippen LogP contribution in [0.2, 0.25) is 0 Å². The lowest BCUT2D eigenvalue weighted by Gasteiger charge is -2.27. The molecule has 0 radical (unpaired) electrons. The smallest absolute Gasteiger partial charge is 0.166 e. The molecule has 0 fully saturated rings. The Balaban J connectivity index is 2.25. The Bertz CT molecular complexity index is 962. The number of hydrogen-bond acceptors (Lipinski definition) is 0. The minimum absolute atomic E-state index is 0.0273. The van der Waals surface area contributed by atoms with Crippen LogP contribution in [0.5, 0.6) is 0 Å². The monoisotopic (exact) mass is 300 g/mol. The largest absolute Gasteiger partial charge is 0.417 e. The van der Waals surface area contributed by atoms with E-state index in [1.165, 1.54) is 6.07 Å². The molecule has 0 atom stereocenters. The van der Waals surface area contributed by atoms with Gasteiger partial charge in [0.15, 0.2) is 0 Å². The zero-order valence-corrected chi connectivity index (χ0v) is 12.4.